The first kappa shape index (κ1) is 9.31. The van der Waals surface area contributed by atoms with Gasteiger partial charge in [-0.25, -0.2) is 9.18 Å². The Hall–Kier alpha value is -1.78. The fourth-order valence-corrected chi connectivity index (χ4v) is 0.664. The van der Waals surface area contributed by atoms with Gasteiger partial charge < -0.3 is 4.84 Å². The topological polar surface area (TPSA) is 55.7 Å². The minimum atomic E-state index is -0.923. The molecule has 0 saturated carbocycles. The second-order valence-electron chi connectivity index (χ2n) is 2.29. The number of allylic oxidation sites excluding steroid dienone is 4. The van der Waals surface area contributed by atoms with Crippen molar-refractivity contribution in [2.75, 3.05) is 0 Å². The van der Waals surface area contributed by atoms with Gasteiger partial charge in [-0.15, -0.1) is 0 Å². The van der Waals surface area contributed by atoms with E-state index in [-0.39, 0.29) is 5.71 Å². The van der Waals surface area contributed by atoms with E-state index in [9.17, 15) is 14.0 Å². The number of halogens is 1. The van der Waals surface area contributed by atoms with E-state index < -0.39 is 17.6 Å². The van der Waals surface area contributed by atoms with Crippen LogP contribution in [0.4, 0.5) is 4.39 Å². The number of ketones is 1. The number of hydrogen-bond donors (Lipinski definition) is 0. The van der Waals surface area contributed by atoms with E-state index in [2.05, 4.69) is 9.99 Å². The van der Waals surface area contributed by atoms with Crippen molar-refractivity contribution in [3.05, 3.63) is 24.1 Å². The standard InChI is InChI=1S/C8H6FNO3/c1-5(11)13-10-6-2-3-8(12)7(9)4-6/h2-4H,1H3/b10-6+. The van der Waals surface area contributed by atoms with Crippen LogP contribution in [0, 0.1) is 0 Å². The summed E-state index contributed by atoms with van der Waals surface area (Å²) in [6, 6.07) is 0. The average molecular weight is 183 g/mol. The molecule has 1 rings (SSSR count). The molecule has 0 heterocycles. The molecule has 0 radical (unpaired) electrons. The second kappa shape index (κ2) is 3.75. The van der Waals surface area contributed by atoms with E-state index in [1.807, 2.05) is 0 Å². The zero-order chi connectivity index (χ0) is 9.84. The Bertz CT molecular complexity index is 341. The van der Waals surface area contributed by atoms with Gasteiger partial charge in [-0.3, -0.25) is 4.79 Å². The third-order valence-electron chi connectivity index (χ3n) is 1.20. The van der Waals surface area contributed by atoms with Crippen LogP contribution in [0.15, 0.2) is 29.2 Å². The van der Waals surface area contributed by atoms with Gasteiger partial charge >= 0.3 is 5.97 Å². The highest BCUT2D eigenvalue weighted by Gasteiger charge is 2.11. The molecule has 0 unspecified atom stereocenters. The summed E-state index contributed by atoms with van der Waals surface area (Å²) in [5, 5.41) is 3.28. The van der Waals surface area contributed by atoms with Gasteiger partial charge in [0.2, 0.25) is 5.78 Å². The molecule has 0 fully saturated rings. The lowest BCUT2D eigenvalue weighted by molar-refractivity contribution is -0.140. The maximum atomic E-state index is 12.6. The zero-order valence-electron chi connectivity index (χ0n) is 6.78. The van der Waals surface area contributed by atoms with Gasteiger partial charge in [0, 0.05) is 13.0 Å². The fraction of sp³-hybridized carbons (Fsp3) is 0.125. The van der Waals surface area contributed by atoms with E-state index in [4.69, 9.17) is 0 Å². The number of carbonyl (C=O) groups is 2. The second-order valence-corrected chi connectivity index (χ2v) is 2.29. The first-order valence-electron chi connectivity index (χ1n) is 3.45. The van der Waals surface area contributed by atoms with Gasteiger partial charge in [0.1, 0.15) is 5.71 Å². The van der Waals surface area contributed by atoms with Crippen molar-refractivity contribution in [2.24, 2.45) is 5.16 Å². The van der Waals surface area contributed by atoms with Crippen molar-refractivity contribution in [3.63, 3.8) is 0 Å². The molecule has 1 aliphatic carbocycles. The Labute approximate surface area is 73.4 Å². The normalized spacial score (nSPS) is 18.8. The Morgan fingerprint density at radius 1 is 1.54 bits per heavy atom. The summed E-state index contributed by atoms with van der Waals surface area (Å²) in [6.07, 6.45) is 3.16. The number of hydrogen-bond acceptors (Lipinski definition) is 4. The highest BCUT2D eigenvalue weighted by molar-refractivity contribution is 6.18. The molecule has 1 aliphatic rings. The van der Waals surface area contributed by atoms with Crippen LogP contribution in [0.5, 0.6) is 0 Å². The van der Waals surface area contributed by atoms with Crippen molar-refractivity contribution in [2.45, 2.75) is 6.92 Å². The lowest BCUT2D eigenvalue weighted by Crippen LogP contribution is -2.05. The Morgan fingerprint density at radius 2 is 2.23 bits per heavy atom. The molecule has 0 amide bonds. The van der Waals surface area contributed by atoms with E-state index in [1.165, 1.54) is 13.0 Å². The van der Waals surface area contributed by atoms with Crippen LogP contribution in [0.2, 0.25) is 0 Å². The number of nitrogens with zero attached hydrogens (tertiary/aromatic N) is 1. The van der Waals surface area contributed by atoms with Crippen LogP contribution in [-0.2, 0) is 14.4 Å². The highest BCUT2D eigenvalue weighted by atomic mass is 19.1. The van der Waals surface area contributed by atoms with E-state index in [1.54, 1.807) is 0 Å². The molecule has 0 aromatic heterocycles. The Morgan fingerprint density at radius 3 is 2.77 bits per heavy atom. The molecular formula is C8H6FNO3. The molecule has 0 bridgehead atoms. The molecule has 0 atom stereocenters. The van der Waals surface area contributed by atoms with Crippen LogP contribution < -0.4 is 0 Å². The van der Waals surface area contributed by atoms with Gasteiger partial charge in [-0.05, 0) is 12.2 Å². The van der Waals surface area contributed by atoms with Crippen molar-refractivity contribution < 1.29 is 18.8 Å². The average Bonchev–Trinajstić information content (AvgIpc) is 2.07. The molecule has 4 nitrogen and oxygen atoms in total. The van der Waals surface area contributed by atoms with Gasteiger partial charge in [-0.1, -0.05) is 5.16 Å². The third-order valence-corrected chi connectivity index (χ3v) is 1.20. The molecule has 5 heteroatoms. The zero-order valence-corrected chi connectivity index (χ0v) is 6.78. The van der Waals surface area contributed by atoms with Crippen molar-refractivity contribution >= 4 is 17.5 Å². The van der Waals surface area contributed by atoms with Crippen LogP contribution in [-0.4, -0.2) is 17.5 Å². The van der Waals surface area contributed by atoms with Crippen LogP contribution in [0.25, 0.3) is 0 Å². The summed E-state index contributed by atoms with van der Waals surface area (Å²) in [5.74, 6) is -2.25. The van der Waals surface area contributed by atoms with Crippen LogP contribution >= 0.6 is 0 Å². The fourth-order valence-electron chi connectivity index (χ4n) is 0.664. The SMILES string of the molecule is CC(=O)O/N=C1\C=CC(=O)C(F)=C1. The Balaban J connectivity index is 2.74. The molecule has 68 valence electrons. The lowest BCUT2D eigenvalue weighted by Gasteiger charge is -1.99. The minimum Gasteiger partial charge on any atom is -0.318 e. The molecule has 0 aromatic carbocycles. The highest BCUT2D eigenvalue weighted by Crippen LogP contribution is 2.06. The monoisotopic (exact) mass is 183 g/mol. The molecular weight excluding hydrogens is 177 g/mol. The van der Waals surface area contributed by atoms with Gasteiger partial charge in [0.05, 0.1) is 0 Å². The quantitative estimate of drug-likeness (QED) is 0.344. The maximum absolute atomic E-state index is 12.6. The summed E-state index contributed by atoms with van der Waals surface area (Å²) in [4.78, 5) is 25.1. The molecule has 0 aliphatic heterocycles. The summed E-state index contributed by atoms with van der Waals surface area (Å²) in [5.41, 5.74) is 0.0901. The van der Waals surface area contributed by atoms with Crippen molar-refractivity contribution in [1.82, 2.24) is 0 Å². The molecule has 0 saturated heterocycles. The summed E-state index contributed by atoms with van der Waals surface area (Å²) in [7, 11) is 0. The first-order valence-corrected chi connectivity index (χ1v) is 3.45. The number of carbonyl (C=O) groups excluding carboxylic acids is 2. The molecule has 0 spiro atoms. The molecule has 13 heavy (non-hydrogen) atoms. The summed E-state index contributed by atoms with van der Waals surface area (Å²) in [6.45, 7) is 1.17. The van der Waals surface area contributed by atoms with Gasteiger partial charge in [-0.2, -0.15) is 0 Å². The van der Waals surface area contributed by atoms with Gasteiger partial charge in [0.15, 0.2) is 5.83 Å². The predicted octanol–water partition coefficient (Wildman–Crippen LogP) is 0.898. The minimum absolute atomic E-state index is 0.0901. The predicted molar refractivity (Wildman–Crippen MR) is 42.5 cm³/mol. The summed E-state index contributed by atoms with van der Waals surface area (Å²) >= 11 is 0. The van der Waals surface area contributed by atoms with Crippen molar-refractivity contribution in [3.8, 4) is 0 Å². The number of rotatable bonds is 1. The lowest BCUT2D eigenvalue weighted by atomic mass is 10.1. The first-order chi connectivity index (χ1) is 6.09. The van der Waals surface area contributed by atoms with Crippen LogP contribution in [0.1, 0.15) is 6.92 Å². The van der Waals surface area contributed by atoms with Crippen molar-refractivity contribution in [1.29, 1.82) is 0 Å². The smallest absolute Gasteiger partial charge is 0.318 e. The van der Waals surface area contributed by atoms with Gasteiger partial charge in [0.25, 0.3) is 0 Å². The third kappa shape index (κ3) is 2.62. The largest absolute Gasteiger partial charge is 0.331 e. The van der Waals surface area contributed by atoms with E-state index in [0.717, 1.165) is 12.2 Å². The van der Waals surface area contributed by atoms with E-state index >= 15 is 0 Å². The van der Waals surface area contributed by atoms with Crippen LogP contribution in [0.3, 0.4) is 0 Å². The molecule has 0 N–H and O–H groups in total. The summed E-state index contributed by atoms with van der Waals surface area (Å²) < 4.78 is 12.6. The Kier molecular flexibility index (Phi) is 2.69. The molecule has 0 aromatic rings. The number of oxime groups is 1. The maximum Gasteiger partial charge on any atom is 0.331 e. The van der Waals surface area contributed by atoms with E-state index in [0.29, 0.717) is 0 Å².